The van der Waals surface area contributed by atoms with Gasteiger partial charge in [0, 0.05) is 13.2 Å². The van der Waals surface area contributed by atoms with Crippen molar-refractivity contribution in [1.82, 2.24) is 4.72 Å². The van der Waals surface area contributed by atoms with Crippen LogP contribution in [0, 0.1) is 5.92 Å². The minimum Gasteiger partial charge on any atom is -0.396 e. The number of halogens is 3. The van der Waals surface area contributed by atoms with Crippen molar-refractivity contribution in [2.24, 2.45) is 5.92 Å². The molecule has 0 aliphatic rings. The predicted octanol–water partition coefficient (Wildman–Crippen LogP) is 2.00. The van der Waals surface area contributed by atoms with Gasteiger partial charge in [-0.05, 0) is 36.6 Å². The fourth-order valence-corrected chi connectivity index (χ4v) is 2.65. The predicted molar refractivity (Wildman–Crippen MR) is 67.5 cm³/mol. The molecular weight excluding hydrogens is 295 g/mol. The second kappa shape index (κ2) is 6.55. The summed E-state index contributed by atoms with van der Waals surface area (Å²) in [6.07, 6.45) is -4.05. The molecule has 0 radical (unpaired) electrons. The van der Waals surface area contributed by atoms with Crippen LogP contribution in [0.2, 0.25) is 0 Å². The lowest BCUT2D eigenvalue weighted by atomic mass is 10.1. The molecule has 0 saturated heterocycles. The van der Waals surface area contributed by atoms with Crippen molar-refractivity contribution in [3.63, 3.8) is 0 Å². The molecule has 2 N–H and O–H groups in total. The molecular formula is C12H16F3NO3S. The van der Waals surface area contributed by atoms with Gasteiger partial charge in [-0.3, -0.25) is 0 Å². The van der Waals surface area contributed by atoms with Gasteiger partial charge in [0.1, 0.15) is 0 Å². The molecule has 1 aromatic carbocycles. The van der Waals surface area contributed by atoms with E-state index in [-0.39, 0.29) is 24.0 Å². The Bertz CT molecular complexity index is 526. The molecule has 8 heteroatoms. The van der Waals surface area contributed by atoms with Gasteiger partial charge < -0.3 is 5.11 Å². The lowest BCUT2D eigenvalue weighted by Gasteiger charge is -2.12. The highest BCUT2D eigenvalue weighted by Gasteiger charge is 2.30. The van der Waals surface area contributed by atoms with Crippen LogP contribution < -0.4 is 4.72 Å². The molecule has 0 fully saturated rings. The van der Waals surface area contributed by atoms with Gasteiger partial charge in [0.25, 0.3) is 0 Å². The Morgan fingerprint density at radius 1 is 1.25 bits per heavy atom. The zero-order valence-electron chi connectivity index (χ0n) is 10.8. The van der Waals surface area contributed by atoms with Gasteiger partial charge in [0.15, 0.2) is 0 Å². The summed E-state index contributed by atoms with van der Waals surface area (Å²) < 4.78 is 63.1. The van der Waals surface area contributed by atoms with Crippen molar-refractivity contribution in [3.8, 4) is 0 Å². The van der Waals surface area contributed by atoms with Gasteiger partial charge in [-0.1, -0.05) is 6.92 Å². The molecule has 1 aromatic rings. The van der Waals surface area contributed by atoms with Crippen molar-refractivity contribution in [3.05, 3.63) is 29.8 Å². The van der Waals surface area contributed by atoms with Gasteiger partial charge in [0.2, 0.25) is 10.0 Å². The topological polar surface area (TPSA) is 66.4 Å². The maximum atomic E-state index is 12.4. The van der Waals surface area contributed by atoms with E-state index in [1.807, 2.05) is 0 Å². The maximum Gasteiger partial charge on any atom is 0.416 e. The first-order valence-corrected chi connectivity index (χ1v) is 7.43. The highest BCUT2D eigenvalue weighted by Crippen LogP contribution is 2.29. The molecule has 0 aromatic heterocycles. The minimum atomic E-state index is -4.49. The molecule has 4 nitrogen and oxygen atoms in total. The van der Waals surface area contributed by atoms with Crippen LogP contribution >= 0.6 is 0 Å². The smallest absolute Gasteiger partial charge is 0.396 e. The highest BCUT2D eigenvalue weighted by atomic mass is 32.2. The number of nitrogens with one attached hydrogen (secondary N) is 1. The largest absolute Gasteiger partial charge is 0.416 e. The first kappa shape index (κ1) is 16.9. The fraction of sp³-hybridized carbons (Fsp3) is 0.500. The third-order valence-corrected chi connectivity index (χ3v) is 4.18. The average Bonchev–Trinajstić information content (AvgIpc) is 2.36. The average molecular weight is 311 g/mol. The Labute approximate surface area is 115 Å². The first-order chi connectivity index (χ1) is 9.16. The lowest BCUT2D eigenvalue weighted by molar-refractivity contribution is -0.137. The van der Waals surface area contributed by atoms with E-state index < -0.39 is 21.8 Å². The van der Waals surface area contributed by atoms with Crippen LogP contribution in [0.25, 0.3) is 0 Å². The van der Waals surface area contributed by atoms with Gasteiger partial charge in [0.05, 0.1) is 10.5 Å². The molecule has 0 saturated carbocycles. The molecule has 1 unspecified atom stereocenters. The molecule has 1 rings (SSSR count). The van der Waals surface area contributed by atoms with Crippen LogP contribution in [0.4, 0.5) is 13.2 Å². The van der Waals surface area contributed by atoms with E-state index in [1.54, 1.807) is 6.92 Å². The number of sulfonamides is 1. The normalized spacial score (nSPS) is 14.2. The molecule has 0 aliphatic heterocycles. The molecule has 0 heterocycles. The van der Waals surface area contributed by atoms with Crippen LogP contribution in [0.1, 0.15) is 18.9 Å². The van der Waals surface area contributed by atoms with Crippen LogP contribution in [0.15, 0.2) is 29.2 Å². The lowest BCUT2D eigenvalue weighted by Crippen LogP contribution is -2.28. The molecule has 1 atom stereocenters. The van der Waals surface area contributed by atoms with Crippen molar-refractivity contribution in [1.29, 1.82) is 0 Å². The quantitative estimate of drug-likeness (QED) is 0.844. The third kappa shape index (κ3) is 4.77. The van der Waals surface area contributed by atoms with Crippen LogP contribution in [-0.2, 0) is 16.2 Å². The number of alkyl halides is 3. The summed E-state index contributed by atoms with van der Waals surface area (Å²) in [7, 11) is -3.83. The van der Waals surface area contributed by atoms with Crippen molar-refractivity contribution in [2.45, 2.75) is 24.4 Å². The maximum absolute atomic E-state index is 12.4. The standard InChI is InChI=1S/C12H16F3NO3S/c1-9(6-7-17)8-16-20(18,19)11-4-2-10(3-5-11)12(13,14)15/h2-5,9,16-17H,6-8H2,1H3. The Hall–Kier alpha value is -1.12. The zero-order chi connectivity index (χ0) is 15.4. The summed E-state index contributed by atoms with van der Waals surface area (Å²) in [6, 6.07) is 3.29. The van der Waals surface area contributed by atoms with Gasteiger partial charge in [-0.15, -0.1) is 0 Å². The Morgan fingerprint density at radius 2 is 1.80 bits per heavy atom. The van der Waals surface area contributed by atoms with E-state index in [9.17, 15) is 21.6 Å². The van der Waals surface area contributed by atoms with E-state index in [0.29, 0.717) is 6.42 Å². The Morgan fingerprint density at radius 3 is 2.25 bits per heavy atom. The van der Waals surface area contributed by atoms with E-state index in [4.69, 9.17) is 5.11 Å². The molecule has 0 spiro atoms. The number of aliphatic hydroxyl groups is 1. The van der Waals surface area contributed by atoms with Gasteiger partial charge in [-0.2, -0.15) is 13.2 Å². The molecule has 20 heavy (non-hydrogen) atoms. The SMILES string of the molecule is CC(CCO)CNS(=O)(=O)c1ccc(C(F)(F)F)cc1. The summed E-state index contributed by atoms with van der Waals surface area (Å²) in [6.45, 7) is 1.82. The second-order valence-electron chi connectivity index (χ2n) is 4.49. The van der Waals surface area contributed by atoms with Gasteiger partial charge in [-0.25, -0.2) is 13.1 Å². The number of benzene rings is 1. The molecule has 0 aliphatic carbocycles. The van der Waals surface area contributed by atoms with Crippen molar-refractivity contribution < 1.29 is 26.7 Å². The summed E-state index contributed by atoms with van der Waals surface area (Å²) >= 11 is 0. The van der Waals surface area contributed by atoms with E-state index in [2.05, 4.69) is 4.72 Å². The molecule has 0 amide bonds. The van der Waals surface area contributed by atoms with Crippen LogP contribution in [0.3, 0.4) is 0 Å². The second-order valence-corrected chi connectivity index (χ2v) is 6.26. The van der Waals surface area contributed by atoms with Crippen molar-refractivity contribution in [2.75, 3.05) is 13.2 Å². The van der Waals surface area contributed by atoms with E-state index >= 15 is 0 Å². The fourth-order valence-electron chi connectivity index (χ4n) is 1.48. The monoisotopic (exact) mass is 311 g/mol. The summed E-state index contributed by atoms with van der Waals surface area (Å²) in [4.78, 5) is -0.221. The van der Waals surface area contributed by atoms with Gasteiger partial charge >= 0.3 is 6.18 Å². The number of hydrogen-bond donors (Lipinski definition) is 2. The number of rotatable bonds is 6. The minimum absolute atomic E-state index is 0.0524. The van der Waals surface area contributed by atoms with Crippen LogP contribution in [0.5, 0.6) is 0 Å². The third-order valence-electron chi connectivity index (χ3n) is 2.74. The summed E-state index contributed by atoms with van der Waals surface area (Å²) in [5.74, 6) is -0.0655. The summed E-state index contributed by atoms with van der Waals surface area (Å²) in [5.41, 5.74) is -0.898. The van der Waals surface area contributed by atoms with Crippen LogP contribution in [-0.4, -0.2) is 26.7 Å². The molecule has 0 bridgehead atoms. The van der Waals surface area contributed by atoms with Crippen molar-refractivity contribution >= 4 is 10.0 Å². The molecule has 114 valence electrons. The number of hydrogen-bond acceptors (Lipinski definition) is 3. The highest BCUT2D eigenvalue weighted by molar-refractivity contribution is 7.89. The number of aliphatic hydroxyl groups excluding tert-OH is 1. The summed E-state index contributed by atoms with van der Waals surface area (Å²) in [5, 5.41) is 8.71. The Balaban J connectivity index is 2.78. The van der Waals surface area contributed by atoms with E-state index in [0.717, 1.165) is 24.3 Å². The Kier molecular flexibility index (Phi) is 5.55. The van der Waals surface area contributed by atoms with E-state index in [1.165, 1.54) is 0 Å². The first-order valence-electron chi connectivity index (χ1n) is 5.94. The zero-order valence-corrected chi connectivity index (χ0v) is 11.6.